The molecule has 0 bridgehead atoms. The van der Waals surface area contributed by atoms with E-state index in [0.29, 0.717) is 0 Å². The molecule has 0 nitrogen and oxygen atoms in total. The van der Waals surface area contributed by atoms with Crippen molar-refractivity contribution in [1.29, 1.82) is 0 Å². The summed E-state index contributed by atoms with van der Waals surface area (Å²) in [5.74, 6) is 1.12. The molecule has 0 saturated carbocycles. The van der Waals surface area contributed by atoms with Crippen LogP contribution in [-0.4, -0.2) is 20.7 Å². The Morgan fingerprint density at radius 2 is 1.82 bits per heavy atom. The Labute approximate surface area is 95.9 Å². The third kappa shape index (κ3) is 5.13. The summed E-state index contributed by atoms with van der Waals surface area (Å²) in [5, 5.41) is 0. The van der Waals surface area contributed by atoms with Crippen LogP contribution in [0.2, 0.25) is 0 Å². The molecule has 0 saturated heterocycles. The molecule has 0 N–H and O–H groups in total. The van der Waals surface area contributed by atoms with Gasteiger partial charge in [0.25, 0.3) is 0 Å². The summed E-state index contributed by atoms with van der Waals surface area (Å²) < 4.78 is 1.08. The Hall–Kier alpha value is 0.830. The fourth-order valence-corrected chi connectivity index (χ4v) is 1.77. The summed E-state index contributed by atoms with van der Waals surface area (Å²) in [6, 6.07) is 10.5. The molecule has 0 fully saturated rings. The van der Waals surface area contributed by atoms with E-state index in [1.54, 1.807) is 0 Å². The molecule has 11 heavy (non-hydrogen) atoms. The molecule has 1 rings (SSSR count). The van der Waals surface area contributed by atoms with Crippen molar-refractivity contribution in [2.75, 3.05) is 4.65 Å². The number of thioether (sulfide) groups is 1. The van der Waals surface area contributed by atoms with Gasteiger partial charge in [-0.25, -0.2) is 0 Å². The van der Waals surface area contributed by atoms with Crippen LogP contribution in [0, 0.1) is 0 Å². The molecule has 0 aliphatic heterocycles. The van der Waals surface area contributed by atoms with E-state index in [1.807, 2.05) is 17.8 Å². The fourth-order valence-electron chi connectivity index (χ4n) is 0.734. The molecule has 0 aromatic heterocycles. The summed E-state index contributed by atoms with van der Waals surface area (Å²) in [4.78, 5) is 0. The molecule has 0 aliphatic rings. The second-order valence-electron chi connectivity index (χ2n) is 1.95. The summed E-state index contributed by atoms with van der Waals surface area (Å²) in [6.07, 6.45) is 0. The third-order valence-electron chi connectivity index (χ3n) is 1.19. The molecule has 63 valence electrons. The number of hydrogen-bond donors (Lipinski definition) is 0. The van der Waals surface area contributed by atoms with Crippen molar-refractivity contribution in [2.24, 2.45) is 0 Å². The van der Waals surface area contributed by atoms with E-state index in [4.69, 9.17) is 0 Å². The van der Waals surface area contributed by atoms with E-state index < -0.39 is 0 Å². The van der Waals surface area contributed by atoms with Crippen molar-refractivity contribution in [3.05, 3.63) is 35.9 Å². The van der Waals surface area contributed by atoms with Crippen LogP contribution >= 0.6 is 11.8 Å². The second-order valence-corrected chi connectivity index (χ2v) is 4.37. The molecule has 1 aromatic rings. The van der Waals surface area contributed by atoms with Crippen LogP contribution in [0.3, 0.4) is 0 Å². The van der Waals surface area contributed by atoms with Crippen molar-refractivity contribution in [2.45, 2.75) is 5.75 Å². The molecule has 3 heteroatoms. The average Bonchev–Trinajstić information content (AvgIpc) is 2.03. The summed E-state index contributed by atoms with van der Waals surface area (Å²) in [7, 11) is 0. The monoisotopic (exact) mass is 414 g/mol. The molecule has 0 unspecified atom stereocenters. The van der Waals surface area contributed by atoms with E-state index in [1.165, 1.54) is 5.56 Å². The Kier molecular flexibility index (Phi) is 8.04. The second kappa shape index (κ2) is 7.48. The van der Waals surface area contributed by atoms with Crippen LogP contribution in [0.5, 0.6) is 0 Å². The number of rotatable bonds is 3. The molecule has 0 amide bonds. The van der Waals surface area contributed by atoms with E-state index in [-0.39, 0.29) is 22.4 Å². The van der Waals surface area contributed by atoms with Gasteiger partial charge in [-0.05, 0) is 0 Å². The zero-order chi connectivity index (χ0) is 7.23. The van der Waals surface area contributed by atoms with Crippen LogP contribution in [0.15, 0.2) is 30.3 Å². The van der Waals surface area contributed by atoms with Gasteiger partial charge in [-0.15, -0.1) is 0 Å². The van der Waals surface area contributed by atoms with E-state index in [0.717, 1.165) is 10.4 Å². The molecule has 0 aliphatic carbocycles. The molecule has 0 spiro atoms. The van der Waals surface area contributed by atoms with Crippen LogP contribution in [-0.2, 0) is 28.1 Å². The van der Waals surface area contributed by atoms with E-state index in [9.17, 15) is 0 Å². The topological polar surface area (TPSA) is 0 Å². The predicted octanol–water partition coefficient (Wildman–Crippen LogP) is 2.04. The van der Waals surface area contributed by atoms with Gasteiger partial charge in [0.1, 0.15) is 0 Å². The predicted molar refractivity (Wildman–Crippen MR) is 48.4 cm³/mol. The first-order valence-corrected chi connectivity index (χ1v) is 5.50. The zero-order valence-electron chi connectivity index (χ0n) is 5.92. The van der Waals surface area contributed by atoms with Crippen molar-refractivity contribution in [1.82, 2.24) is 0 Å². The molecule has 1 aromatic carbocycles. The van der Waals surface area contributed by atoms with Crippen molar-refractivity contribution >= 4 is 27.8 Å². The van der Waals surface area contributed by atoms with Gasteiger partial charge in [0.2, 0.25) is 0 Å². The van der Waals surface area contributed by atoms with Gasteiger partial charge in [0.15, 0.2) is 0 Å². The Morgan fingerprint density at radius 1 is 1.18 bits per heavy atom. The summed E-state index contributed by atoms with van der Waals surface area (Å²) in [5.41, 5.74) is 1.41. The minimum atomic E-state index is 0. The van der Waals surface area contributed by atoms with Crippen LogP contribution < -0.4 is 0 Å². The SMILES string of the molecule is [Au+].[Se]CSCc1ccccc1. The van der Waals surface area contributed by atoms with Crippen LogP contribution in [0.1, 0.15) is 5.56 Å². The molecule has 1 radical (unpaired) electrons. The fraction of sp³-hybridized carbons (Fsp3) is 0.250. The van der Waals surface area contributed by atoms with E-state index in [2.05, 4.69) is 40.3 Å². The van der Waals surface area contributed by atoms with Gasteiger partial charge in [0, 0.05) is 0 Å². The summed E-state index contributed by atoms with van der Waals surface area (Å²) >= 11 is 4.88. The standard InChI is InChI=1S/C8H9SSe.Au/c10-7-9-6-8-4-2-1-3-5-8;/h1-5H,6-7H2;/q;+1. The van der Waals surface area contributed by atoms with Crippen molar-refractivity contribution in [3.63, 3.8) is 0 Å². The van der Waals surface area contributed by atoms with Gasteiger partial charge in [-0.2, -0.15) is 0 Å². The van der Waals surface area contributed by atoms with E-state index >= 15 is 0 Å². The first-order chi connectivity index (χ1) is 4.93. The van der Waals surface area contributed by atoms with Gasteiger partial charge in [0.05, 0.1) is 0 Å². The normalized spacial score (nSPS) is 8.82. The minimum absolute atomic E-state index is 0. The third-order valence-corrected chi connectivity index (χ3v) is 2.95. The average molecular weight is 413 g/mol. The van der Waals surface area contributed by atoms with Crippen LogP contribution in [0.25, 0.3) is 0 Å². The zero-order valence-corrected chi connectivity index (χ0v) is 10.6. The van der Waals surface area contributed by atoms with Gasteiger partial charge >= 0.3 is 96.5 Å². The molecule has 0 atom stereocenters. The Bertz CT molecular complexity index is 179. The van der Waals surface area contributed by atoms with Crippen LogP contribution in [0.4, 0.5) is 0 Å². The van der Waals surface area contributed by atoms with Gasteiger partial charge in [-0.1, -0.05) is 0 Å². The number of hydrogen-bond acceptors (Lipinski definition) is 1. The first-order valence-electron chi connectivity index (χ1n) is 3.13. The van der Waals surface area contributed by atoms with Gasteiger partial charge in [-0.3, -0.25) is 0 Å². The molecular weight excluding hydrogens is 404 g/mol. The van der Waals surface area contributed by atoms with Gasteiger partial charge < -0.3 is 0 Å². The van der Waals surface area contributed by atoms with Crippen molar-refractivity contribution < 1.29 is 22.4 Å². The maximum atomic E-state index is 2.98. The maximum absolute atomic E-state index is 2.98. The Balaban J connectivity index is 0.000001000. The molecular formula is C8H9AuSSe+. The molecule has 0 heterocycles. The van der Waals surface area contributed by atoms with Crippen molar-refractivity contribution in [3.8, 4) is 0 Å². The number of benzene rings is 1. The first kappa shape index (κ1) is 11.8. The Morgan fingerprint density at radius 3 is 2.36 bits per heavy atom. The quantitative estimate of drug-likeness (QED) is 0.684. The summed E-state index contributed by atoms with van der Waals surface area (Å²) in [6.45, 7) is 0.